The minimum Gasteiger partial charge on any atom is -0.491 e. The molecule has 20 heavy (non-hydrogen) atoms. The smallest absolute Gasteiger partial charge is 0.124 e. The molecule has 112 valence electrons. The van der Waals surface area contributed by atoms with Crippen LogP contribution in [-0.2, 0) is 11.3 Å². The van der Waals surface area contributed by atoms with Crippen LogP contribution in [0.1, 0.15) is 45.1 Å². The average molecular weight is 277 g/mol. The monoisotopic (exact) mass is 277 g/mol. The van der Waals surface area contributed by atoms with E-state index in [9.17, 15) is 0 Å². The number of ether oxygens (including phenoxy) is 2. The molecular weight excluding hydrogens is 250 g/mol. The molecule has 0 bridgehead atoms. The number of hydrogen-bond donors (Lipinski definition) is 1. The highest BCUT2D eigenvalue weighted by molar-refractivity contribution is 5.33. The largest absolute Gasteiger partial charge is 0.491 e. The number of para-hydroxylation sites is 1. The topological polar surface area (TPSA) is 30.5 Å². The molecular formula is C17H27NO2. The van der Waals surface area contributed by atoms with Gasteiger partial charge in [0.25, 0.3) is 0 Å². The molecule has 1 aliphatic heterocycles. The van der Waals surface area contributed by atoms with Crippen molar-refractivity contribution in [3.8, 4) is 5.75 Å². The van der Waals surface area contributed by atoms with E-state index < -0.39 is 0 Å². The Kier molecular flexibility index (Phi) is 6.34. The van der Waals surface area contributed by atoms with Crippen molar-refractivity contribution in [2.24, 2.45) is 0 Å². The first-order valence-corrected chi connectivity index (χ1v) is 7.82. The zero-order valence-electron chi connectivity index (χ0n) is 12.7. The zero-order valence-corrected chi connectivity index (χ0v) is 12.7. The summed E-state index contributed by atoms with van der Waals surface area (Å²) in [6.45, 7) is 6.92. The lowest BCUT2D eigenvalue weighted by atomic mass is 10.1. The van der Waals surface area contributed by atoms with Gasteiger partial charge in [-0.2, -0.15) is 0 Å². The third-order valence-electron chi connectivity index (χ3n) is 3.57. The van der Waals surface area contributed by atoms with Gasteiger partial charge >= 0.3 is 0 Å². The van der Waals surface area contributed by atoms with Gasteiger partial charge in [-0.3, -0.25) is 0 Å². The summed E-state index contributed by atoms with van der Waals surface area (Å²) < 4.78 is 11.6. The summed E-state index contributed by atoms with van der Waals surface area (Å²) >= 11 is 0. The van der Waals surface area contributed by atoms with E-state index in [2.05, 4.69) is 31.3 Å². The quantitative estimate of drug-likeness (QED) is 0.774. The van der Waals surface area contributed by atoms with E-state index in [4.69, 9.17) is 9.47 Å². The van der Waals surface area contributed by atoms with Crippen molar-refractivity contribution in [1.82, 2.24) is 5.32 Å². The standard InChI is InChI=1S/C17H27NO2/c1-14(2)20-17-9-4-3-7-15(17)13-18-11-10-16-8-5-6-12-19-16/h3-4,7,9,14,16,18H,5-6,8,10-13H2,1-2H3. The van der Waals surface area contributed by atoms with Crippen molar-refractivity contribution < 1.29 is 9.47 Å². The molecule has 0 aromatic heterocycles. The lowest BCUT2D eigenvalue weighted by Gasteiger charge is -2.22. The Labute approximate surface area is 122 Å². The average Bonchev–Trinajstić information content (AvgIpc) is 2.46. The number of benzene rings is 1. The van der Waals surface area contributed by atoms with Gasteiger partial charge in [0.15, 0.2) is 0 Å². The van der Waals surface area contributed by atoms with Crippen molar-refractivity contribution in [2.45, 2.75) is 58.3 Å². The molecule has 1 unspecified atom stereocenters. The van der Waals surface area contributed by atoms with Gasteiger partial charge < -0.3 is 14.8 Å². The Balaban J connectivity index is 1.73. The zero-order chi connectivity index (χ0) is 14.2. The van der Waals surface area contributed by atoms with Gasteiger partial charge in [0, 0.05) is 18.7 Å². The van der Waals surface area contributed by atoms with Gasteiger partial charge in [0.05, 0.1) is 12.2 Å². The van der Waals surface area contributed by atoms with Crippen LogP contribution in [0.2, 0.25) is 0 Å². The van der Waals surface area contributed by atoms with Crippen molar-refractivity contribution in [3.63, 3.8) is 0 Å². The summed E-state index contributed by atoms with van der Waals surface area (Å²) in [6, 6.07) is 8.26. The van der Waals surface area contributed by atoms with Crippen LogP contribution >= 0.6 is 0 Å². The lowest BCUT2D eigenvalue weighted by molar-refractivity contribution is 0.0115. The molecule has 0 spiro atoms. The van der Waals surface area contributed by atoms with Gasteiger partial charge in [-0.25, -0.2) is 0 Å². The van der Waals surface area contributed by atoms with E-state index in [1.807, 2.05) is 12.1 Å². The first-order chi connectivity index (χ1) is 9.75. The summed E-state index contributed by atoms with van der Waals surface area (Å²) in [7, 11) is 0. The number of hydrogen-bond acceptors (Lipinski definition) is 3. The fourth-order valence-electron chi connectivity index (χ4n) is 2.54. The SMILES string of the molecule is CC(C)Oc1ccccc1CNCCC1CCCCO1. The summed E-state index contributed by atoms with van der Waals surface area (Å²) in [5, 5.41) is 3.50. The maximum atomic E-state index is 5.83. The number of nitrogens with one attached hydrogen (secondary N) is 1. The second kappa shape index (κ2) is 8.28. The molecule has 1 atom stereocenters. The minimum absolute atomic E-state index is 0.215. The summed E-state index contributed by atoms with van der Waals surface area (Å²) in [5.41, 5.74) is 1.23. The summed E-state index contributed by atoms with van der Waals surface area (Å²) in [4.78, 5) is 0. The van der Waals surface area contributed by atoms with Gasteiger partial charge in [0.2, 0.25) is 0 Å². The molecule has 1 fully saturated rings. The molecule has 0 aliphatic carbocycles. The Morgan fingerprint density at radius 3 is 2.90 bits per heavy atom. The molecule has 0 amide bonds. The van der Waals surface area contributed by atoms with E-state index in [1.54, 1.807) is 0 Å². The molecule has 1 N–H and O–H groups in total. The van der Waals surface area contributed by atoms with Crippen molar-refractivity contribution in [1.29, 1.82) is 0 Å². The lowest BCUT2D eigenvalue weighted by Crippen LogP contribution is -2.25. The van der Waals surface area contributed by atoms with Gasteiger partial charge in [-0.15, -0.1) is 0 Å². The van der Waals surface area contributed by atoms with E-state index >= 15 is 0 Å². The summed E-state index contributed by atoms with van der Waals surface area (Å²) in [6.07, 6.45) is 5.53. The maximum Gasteiger partial charge on any atom is 0.124 e. The second-order valence-electron chi connectivity index (χ2n) is 5.73. The van der Waals surface area contributed by atoms with Gasteiger partial charge in [0.1, 0.15) is 5.75 Å². The first-order valence-electron chi connectivity index (χ1n) is 7.82. The van der Waals surface area contributed by atoms with Crippen LogP contribution in [0.3, 0.4) is 0 Å². The molecule has 1 aromatic carbocycles. The van der Waals surface area contributed by atoms with Crippen LogP contribution in [0, 0.1) is 0 Å². The molecule has 3 nitrogen and oxygen atoms in total. The summed E-state index contributed by atoms with van der Waals surface area (Å²) in [5.74, 6) is 0.990. The van der Waals surface area contributed by atoms with Crippen molar-refractivity contribution in [2.75, 3.05) is 13.2 Å². The normalized spacial score (nSPS) is 19.2. The highest BCUT2D eigenvalue weighted by atomic mass is 16.5. The minimum atomic E-state index is 0.215. The molecule has 1 aromatic rings. The predicted molar refractivity (Wildman–Crippen MR) is 82.1 cm³/mol. The Morgan fingerprint density at radius 2 is 2.15 bits per heavy atom. The van der Waals surface area contributed by atoms with Gasteiger partial charge in [-0.05, 0) is 52.1 Å². The predicted octanol–water partition coefficient (Wildman–Crippen LogP) is 3.52. The third kappa shape index (κ3) is 5.14. The van der Waals surface area contributed by atoms with Crippen LogP contribution in [0.25, 0.3) is 0 Å². The second-order valence-corrected chi connectivity index (χ2v) is 5.73. The van der Waals surface area contributed by atoms with E-state index in [0.29, 0.717) is 6.10 Å². The van der Waals surface area contributed by atoms with E-state index in [1.165, 1.54) is 24.8 Å². The van der Waals surface area contributed by atoms with Crippen LogP contribution < -0.4 is 10.1 Å². The first kappa shape index (κ1) is 15.3. The molecule has 1 heterocycles. The highest BCUT2D eigenvalue weighted by Gasteiger charge is 2.13. The third-order valence-corrected chi connectivity index (χ3v) is 3.57. The molecule has 3 heteroatoms. The molecule has 1 saturated heterocycles. The van der Waals surface area contributed by atoms with Crippen molar-refractivity contribution in [3.05, 3.63) is 29.8 Å². The van der Waals surface area contributed by atoms with Gasteiger partial charge in [-0.1, -0.05) is 18.2 Å². The highest BCUT2D eigenvalue weighted by Crippen LogP contribution is 2.19. The van der Waals surface area contributed by atoms with Crippen LogP contribution in [0.4, 0.5) is 0 Å². The van der Waals surface area contributed by atoms with E-state index in [-0.39, 0.29) is 6.10 Å². The molecule has 1 aliphatic rings. The van der Waals surface area contributed by atoms with Crippen LogP contribution in [-0.4, -0.2) is 25.4 Å². The molecule has 2 rings (SSSR count). The fourth-order valence-corrected chi connectivity index (χ4v) is 2.54. The maximum absolute atomic E-state index is 5.83. The molecule has 0 radical (unpaired) electrons. The van der Waals surface area contributed by atoms with Crippen molar-refractivity contribution >= 4 is 0 Å². The Hall–Kier alpha value is -1.06. The fraction of sp³-hybridized carbons (Fsp3) is 0.647. The van der Waals surface area contributed by atoms with Crippen LogP contribution in [0.15, 0.2) is 24.3 Å². The Bertz CT molecular complexity index is 386. The molecule has 0 saturated carbocycles. The Morgan fingerprint density at radius 1 is 1.30 bits per heavy atom. The van der Waals surface area contributed by atoms with Crippen LogP contribution in [0.5, 0.6) is 5.75 Å². The number of rotatable bonds is 7. The van der Waals surface area contributed by atoms with E-state index in [0.717, 1.165) is 31.9 Å².